The lowest BCUT2D eigenvalue weighted by Gasteiger charge is -2.16. The fourth-order valence-electron chi connectivity index (χ4n) is 1.83. The number of rotatable bonds is 3. The van der Waals surface area contributed by atoms with Crippen molar-refractivity contribution in [3.63, 3.8) is 0 Å². The summed E-state index contributed by atoms with van der Waals surface area (Å²) >= 11 is 1.43. The van der Waals surface area contributed by atoms with E-state index in [9.17, 15) is 9.90 Å². The predicted octanol–water partition coefficient (Wildman–Crippen LogP) is 2.93. The van der Waals surface area contributed by atoms with E-state index in [0.29, 0.717) is 5.56 Å². The molecule has 0 unspecified atom stereocenters. The van der Waals surface area contributed by atoms with Crippen LogP contribution in [0.5, 0.6) is 5.75 Å². The molecule has 0 aliphatic rings. The number of nitrogens with two attached hydrogens (primary N) is 1. The van der Waals surface area contributed by atoms with Gasteiger partial charge >= 0.3 is 5.97 Å². The zero-order valence-corrected chi connectivity index (χ0v) is 11.8. The standard InChI is InChI=1S/C13H13NO3S.ClH/c1-7-4-5-8(13(16)17)10(12(7)15)11(14)9-3-2-6-18-9;/h2-6,11,15H,14H2,1H3,(H,16,17);1H/t11-;/m0./s1. The number of carbonyl (C=O) groups is 1. The van der Waals surface area contributed by atoms with Gasteiger partial charge in [0, 0.05) is 10.4 Å². The van der Waals surface area contributed by atoms with Crippen molar-refractivity contribution in [2.24, 2.45) is 5.73 Å². The van der Waals surface area contributed by atoms with Crippen LogP contribution in [-0.4, -0.2) is 16.2 Å². The van der Waals surface area contributed by atoms with Gasteiger partial charge in [-0.3, -0.25) is 0 Å². The molecule has 1 aromatic heterocycles. The van der Waals surface area contributed by atoms with Crippen molar-refractivity contribution in [1.29, 1.82) is 0 Å². The third kappa shape index (κ3) is 2.89. The summed E-state index contributed by atoms with van der Waals surface area (Å²) in [5.41, 5.74) is 6.98. The molecule has 0 aliphatic carbocycles. The van der Waals surface area contributed by atoms with E-state index in [1.807, 2.05) is 17.5 Å². The molecule has 2 rings (SSSR count). The van der Waals surface area contributed by atoms with Crippen molar-refractivity contribution in [2.75, 3.05) is 0 Å². The van der Waals surface area contributed by atoms with Gasteiger partial charge in [0.05, 0.1) is 11.6 Å². The van der Waals surface area contributed by atoms with Crippen molar-refractivity contribution < 1.29 is 15.0 Å². The number of aryl methyl sites for hydroxylation is 1. The molecule has 0 spiro atoms. The number of thiophene rings is 1. The quantitative estimate of drug-likeness (QED) is 0.813. The number of aromatic hydroxyl groups is 1. The average Bonchev–Trinajstić information content (AvgIpc) is 2.84. The first kappa shape index (κ1) is 15.5. The maximum atomic E-state index is 11.2. The summed E-state index contributed by atoms with van der Waals surface area (Å²) < 4.78 is 0. The summed E-state index contributed by atoms with van der Waals surface area (Å²) in [5, 5.41) is 21.1. The Bertz CT molecular complexity index is 584. The molecular weight excluding hydrogens is 286 g/mol. The van der Waals surface area contributed by atoms with Crippen LogP contribution in [0.1, 0.15) is 32.4 Å². The number of hydrogen-bond donors (Lipinski definition) is 3. The summed E-state index contributed by atoms with van der Waals surface area (Å²) in [5.74, 6) is -1.14. The molecule has 1 aromatic carbocycles. The van der Waals surface area contributed by atoms with Gasteiger partial charge in [0.15, 0.2) is 0 Å². The van der Waals surface area contributed by atoms with Gasteiger partial charge in [0.25, 0.3) is 0 Å². The summed E-state index contributed by atoms with van der Waals surface area (Å²) in [6.07, 6.45) is 0. The maximum absolute atomic E-state index is 11.2. The van der Waals surface area contributed by atoms with Gasteiger partial charge in [-0.15, -0.1) is 23.7 Å². The van der Waals surface area contributed by atoms with E-state index in [-0.39, 0.29) is 29.3 Å². The minimum absolute atomic E-state index is 0. The van der Waals surface area contributed by atoms with E-state index in [1.54, 1.807) is 13.0 Å². The topological polar surface area (TPSA) is 83.5 Å². The van der Waals surface area contributed by atoms with E-state index < -0.39 is 12.0 Å². The monoisotopic (exact) mass is 299 g/mol. The van der Waals surface area contributed by atoms with Crippen LogP contribution in [0.25, 0.3) is 0 Å². The van der Waals surface area contributed by atoms with Crippen LogP contribution in [0.3, 0.4) is 0 Å². The highest BCUT2D eigenvalue weighted by Gasteiger charge is 2.23. The molecule has 0 radical (unpaired) electrons. The normalized spacial score (nSPS) is 11.7. The Morgan fingerprint density at radius 2 is 2.05 bits per heavy atom. The van der Waals surface area contributed by atoms with Crippen molar-refractivity contribution in [3.8, 4) is 5.75 Å². The molecule has 102 valence electrons. The smallest absolute Gasteiger partial charge is 0.336 e. The molecule has 0 aliphatic heterocycles. The fraction of sp³-hybridized carbons (Fsp3) is 0.154. The van der Waals surface area contributed by atoms with Crippen molar-refractivity contribution in [2.45, 2.75) is 13.0 Å². The highest BCUT2D eigenvalue weighted by atomic mass is 35.5. The van der Waals surface area contributed by atoms with E-state index in [4.69, 9.17) is 10.8 Å². The van der Waals surface area contributed by atoms with E-state index >= 15 is 0 Å². The Balaban J connectivity index is 0.00000180. The largest absolute Gasteiger partial charge is 0.507 e. The Morgan fingerprint density at radius 1 is 1.37 bits per heavy atom. The SMILES string of the molecule is Cc1ccc(C(=O)O)c([C@@H](N)c2cccs2)c1O.Cl. The maximum Gasteiger partial charge on any atom is 0.336 e. The second-order valence-corrected chi connectivity index (χ2v) is 4.97. The number of halogens is 1. The van der Waals surface area contributed by atoms with Crippen LogP contribution in [0.2, 0.25) is 0 Å². The summed E-state index contributed by atoms with van der Waals surface area (Å²) in [7, 11) is 0. The molecule has 0 amide bonds. The summed E-state index contributed by atoms with van der Waals surface area (Å²) in [6, 6.07) is 6.08. The van der Waals surface area contributed by atoms with Gasteiger partial charge in [0.2, 0.25) is 0 Å². The van der Waals surface area contributed by atoms with Gasteiger partial charge in [-0.05, 0) is 30.0 Å². The lowest BCUT2D eigenvalue weighted by Crippen LogP contribution is -2.15. The molecule has 0 saturated carbocycles. The van der Waals surface area contributed by atoms with Gasteiger partial charge in [-0.25, -0.2) is 4.79 Å². The summed E-state index contributed by atoms with van der Waals surface area (Å²) in [4.78, 5) is 12.0. The molecule has 0 fully saturated rings. The Labute approximate surface area is 120 Å². The molecule has 19 heavy (non-hydrogen) atoms. The highest BCUT2D eigenvalue weighted by molar-refractivity contribution is 7.10. The highest BCUT2D eigenvalue weighted by Crippen LogP contribution is 2.34. The van der Waals surface area contributed by atoms with E-state index in [2.05, 4.69) is 0 Å². The number of hydrogen-bond acceptors (Lipinski definition) is 4. The number of phenols is 1. The number of carboxylic acids is 1. The molecule has 1 heterocycles. The first-order valence-electron chi connectivity index (χ1n) is 5.37. The molecule has 1 atom stereocenters. The lowest BCUT2D eigenvalue weighted by molar-refractivity contribution is 0.0694. The van der Waals surface area contributed by atoms with Crippen LogP contribution < -0.4 is 5.73 Å². The molecular formula is C13H14ClNO3S. The molecule has 6 heteroatoms. The second kappa shape index (κ2) is 6.06. The second-order valence-electron chi connectivity index (χ2n) is 3.99. The first-order valence-corrected chi connectivity index (χ1v) is 6.25. The number of aromatic carboxylic acids is 1. The average molecular weight is 300 g/mol. The first-order chi connectivity index (χ1) is 8.52. The van der Waals surface area contributed by atoms with Crippen molar-refractivity contribution in [1.82, 2.24) is 0 Å². The van der Waals surface area contributed by atoms with Crippen LogP contribution in [0.15, 0.2) is 29.6 Å². The number of phenolic OH excluding ortho intramolecular Hbond substituents is 1. The molecule has 0 saturated heterocycles. The van der Waals surface area contributed by atoms with Gasteiger partial charge in [0.1, 0.15) is 5.75 Å². The third-order valence-corrected chi connectivity index (χ3v) is 3.77. The van der Waals surface area contributed by atoms with Crippen LogP contribution in [-0.2, 0) is 0 Å². The Morgan fingerprint density at radius 3 is 2.58 bits per heavy atom. The van der Waals surface area contributed by atoms with Gasteiger partial charge < -0.3 is 15.9 Å². The summed E-state index contributed by atoms with van der Waals surface area (Å²) in [6.45, 7) is 1.71. The van der Waals surface area contributed by atoms with Crippen molar-refractivity contribution >= 4 is 29.7 Å². The van der Waals surface area contributed by atoms with Crippen molar-refractivity contribution in [3.05, 3.63) is 51.2 Å². The van der Waals surface area contributed by atoms with Gasteiger partial charge in [-0.2, -0.15) is 0 Å². The third-order valence-electron chi connectivity index (χ3n) is 2.81. The van der Waals surface area contributed by atoms with Crippen LogP contribution in [0.4, 0.5) is 0 Å². The molecule has 0 bridgehead atoms. The van der Waals surface area contributed by atoms with E-state index in [1.165, 1.54) is 17.4 Å². The van der Waals surface area contributed by atoms with Gasteiger partial charge in [-0.1, -0.05) is 12.1 Å². The van der Waals surface area contributed by atoms with E-state index in [0.717, 1.165) is 4.88 Å². The number of benzene rings is 1. The zero-order chi connectivity index (χ0) is 13.3. The molecule has 2 aromatic rings. The predicted molar refractivity (Wildman–Crippen MR) is 77.4 cm³/mol. The minimum atomic E-state index is -1.09. The van der Waals surface area contributed by atoms with Crippen LogP contribution >= 0.6 is 23.7 Å². The van der Waals surface area contributed by atoms with Crippen LogP contribution in [0, 0.1) is 6.92 Å². The Kier molecular flexibility index (Phi) is 4.94. The lowest BCUT2D eigenvalue weighted by atomic mass is 9.96. The minimum Gasteiger partial charge on any atom is -0.507 e. The molecule has 4 N–H and O–H groups in total. The number of carboxylic acid groups (broad SMARTS) is 1. The Hall–Kier alpha value is -1.56. The molecule has 4 nitrogen and oxygen atoms in total. The fourth-order valence-corrected chi connectivity index (χ4v) is 2.56. The zero-order valence-electron chi connectivity index (χ0n) is 10.2.